The normalized spacial score (nSPS) is 96.9. The summed E-state index contributed by atoms with van der Waals surface area (Å²) < 4.78 is 0. The molecule has 0 spiro atoms. The molecule has 0 saturated heterocycles. The van der Waals surface area contributed by atoms with E-state index >= 15 is 0 Å². The Morgan fingerprint density at radius 3 is 0.618 bits per heavy atom. The maximum absolute atomic E-state index is 2.62. The molecule has 176 valence electrons. The molecule has 15 aliphatic carbocycles. The van der Waals surface area contributed by atoms with Crippen LogP contribution in [-0.4, -0.2) is 0 Å². The van der Waals surface area contributed by atoms with Gasteiger partial charge in [-0.05, 0) is 190 Å². The molecular weight excluding hydrogens is 408 g/mol. The number of rotatable bonds is 0. The second-order valence-electron chi connectivity index (χ2n) is 18.6. The molecule has 0 N–H and O–H groups in total. The van der Waals surface area contributed by atoms with Gasteiger partial charge in [0.2, 0.25) is 0 Å². The molecule has 0 aromatic rings. The van der Waals surface area contributed by atoms with Crippen LogP contribution in [0.2, 0.25) is 0 Å². The van der Waals surface area contributed by atoms with Gasteiger partial charge in [0.25, 0.3) is 0 Å². The highest BCUT2D eigenvalue weighted by Crippen LogP contribution is 2.99. The van der Waals surface area contributed by atoms with Gasteiger partial charge in [0.05, 0.1) is 0 Å². The number of fused-ring (bicyclic) bond motifs is 40. The Morgan fingerprint density at radius 1 is 0.235 bits per heavy atom. The SMILES string of the molecule is CC1C(C)C2C1C1C2C2C1C1C2C2C1C1C2C2C3C4C5C6C7C8C9CCC9C8C7C6C5C4C3C12. The third-order valence-corrected chi connectivity index (χ3v) is 20.9. The summed E-state index contributed by atoms with van der Waals surface area (Å²) in [5.74, 6) is 38.5. The van der Waals surface area contributed by atoms with Crippen LogP contribution in [0.15, 0.2) is 0 Å². The largest absolute Gasteiger partial charge is 0.0620 e. The molecule has 0 bridgehead atoms. The first kappa shape index (κ1) is 16.1. The van der Waals surface area contributed by atoms with E-state index in [4.69, 9.17) is 0 Å². The third kappa shape index (κ3) is 0.982. The van der Waals surface area contributed by atoms with E-state index in [-0.39, 0.29) is 0 Å². The standard InChI is InChI=1S/C34H40/c1-5-6(2)10-9(5)13-14(10)18-17(13)21-22(18)26-25(21)29-30(26)34-32-28-24-20-16-12-8-4-3-7(8)11(12)15(16)19(20)23(24)27(28)31(32)33(29)34/h5-34H,3-4H2,1-2H3. The summed E-state index contributed by atoms with van der Waals surface area (Å²) in [6.45, 7) is 5.24. The van der Waals surface area contributed by atoms with Crippen LogP contribution in [0.3, 0.4) is 0 Å². The summed E-state index contributed by atoms with van der Waals surface area (Å²) in [6, 6.07) is 0. The van der Waals surface area contributed by atoms with Crippen LogP contribution in [0, 0.1) is 178 Å². The summed E-state index contributed by atoms with van der Waals surface area (Å²) in [7, 11) is 0. The molecule has 15 aliphatic rings. The van der Waals surface area contributed by atoms with Gasteiger partial charge in [0.15, 0.2) is 0 Å². The van der Waals surface area contributed by atoms with Crippen molar-refractivity contribution in [2.24, 2.45) is 178 Å². The van der Waals surface area contributed by atoms with E-state index in [9.17, 15) is 0 Å². The lowest BCUT2D eigenvalue weighted by atomic mass is 9.05. The van der Waals surface area contributed by atoms with Crippen molar-refractivity contribution in [3.05, 3.63) is 0 Å². The molecule has 0 radical (unpaired) electrons. The molecule has 0 heterocycles. The Morgan fingerprint density at radius 2 is 0.412 bits per heavy atom. The Labute approximate surface area is 204 Å². The van der Waals surface area contributed by atoms with Gasteiger partial charge in [-0.25, -0.2) is 0 Å². The minimum absolute atomic E-state index is 1.09. The van der Waals surface area contributed by atoms with Gasteiger partial charge in [0, 0.05) is 0 Å². The van der Waals surface area contributed by atoms with Gasteiger partial charge in [0.1, 0.15) is 0 Å². The zero-order chi connectivity index (χ0) is 20.7. The molecule has 0 aliphatic heterocycles. The van der Waals surface area contributed by atoms with E-state index in [1.165, 1.54) is 166 Å². The molecule has 0 aromatic carbocycles. The maximum atomic E-state index is 2.62. The molecule has 0 amide bonds. The summed E-state index contributed by atoms with van der Waals surface area (Å²) in [5.41, 5.74) is 0. The summed E-state index contributed by atoms with van der Waals surface area (Å²) >= 11 is 0. The smallest absolute Gasteiger partial charge is 0.0312 e. The molecule has 34 heavy (non-hydrogen) atoms. The van der Waals surface area contributed by atoms with Crippen LogP contribution in [0.25, 0.3) is 0 Å². The van der Waals surface area contributed by atoms with E-state index in [1.54, 1.807) is 12.8 Å². The van der Waals surface area contributed by atoms with Crippen molar-refractivity contribution in [1.29, 1.82) is 0 Å². The Kier molecular flexibility index (Phi) is 1.89. The molecule has 0 heteroatoms. The van der Waals surface area contributed by atoms with Crippen molar-refractivity contribution >= 4 is 0 Å². The fourth-order valence-electron chi connectivity index (χ4n) is 20.7. The average molecular weight is 449 g/mol. The summed E-state index contributed by atoms with van der Waals surface area (Å²) in [6.07, 6.45) is 3.30. The van der Waals surface area contributed by atoms with E-state index in [1.807, 2.05) is 0 Å². The quantitative estimate of drug-likeness (QED) is 0.430. The van der Waals surface area contributed by atoms with E-state index in [2.05, 4.69) is 13.8 Å². The van der Waals surface area contributed by atoms with Gasteiger partial charge >= 0.3 is 0 Å². The van der Waals surface area contributed by atoms with Gasteiger partial charge in [-0.2, -0.15) is 0 Å². The second kappa shape index (κ2) is 3.99. The van der Waals surface area contributed by atoms with Crippen molar-refractivity contribution in [3.63, 3.8) is 0 Å². The molecule has 30 atom stereocenters. The zero-order valence-electron chi connectivity index (χ0n) is 20.7. The first-order valence-electron chi connectivity index (χ1n) is 16.8. The van der Waals surface area contributed by atoms with Gasteiger partial charge in [-0.15, -0.1) is 0 Å². The van der Waals surface area contributed by atoms with Crippen LogP contribution in [0.4, 0.5) is 0 Å². The van der Waals surface area contributed by atoms with Gasteiger partial charge in [-0.1, -0.05) is 13.8 Å². The van der Waals surface area contributed by atoms with Crippen molar-refractivity contribution in [3.8, 4) is 0 Å². The highest BCUT2D eigenvalue weighted by Gasteiger charge is 2.96. The maximum Gasteiger partial charge on any atom is -0.0312 e. The highest BCUT2D eigenvalue weighted by molar-refractivity contribution is 5.43. The second-order valence-corrected chi connectivity index (χ2v) is 18.6. The lowest BCUT2D eigenvalue weighted by Gasteiger charge is -3.00. The van der Waals surface area contributed by atoms with Crippen LogP contribution in [0.1, 0.15) is 26.7 Å². The molecule has 0 nitrogen and oxygen atoms in total. The van der Waals surface area contributed by atoms with Crippen molar-refractivity contribution < 1.29 is 0 Å². The van der Waals surface area contributed by atoms with E-state index in [0.29, 0.717) is 0 Å². The van der Waals surface area contributed by atoms with E-state index in [0.717, 1.165) is 11.8 Å². The predicted molar refractivity (Wildman–Crippen MR) is 125 cm³/mol. The first-order valence-corrected chi connectivity index (χ1v) is 16.8. The molecule has 30 unspecified atom stereocenters. The topological polar surface area (TPSA) is 0 Å². The summed E-state index contributed by atoms with van der Waals surface area (Å²) in [5, 5.41) is 0. The Hall–Kier alpha value is 0. The molecule has 0 aromatic heterocycles. The van der Waals surface area contributed by atoms with Crippen LogP contribution in [-0.2, 0) is 0 Å². The van der Waals surface area contributed by atoms with Crippen LogP contribution >= 0.6 is 0 Å². The van der Waals surface area contributed by atoms with Gasteiger partial charge in [-0.3, -0.25) is 0 Å². The Bertz CT molecular complexity index is 1030. The Balaban J connectivity index is 0.729. The minimum atomic E-state index is 1.09. The average Bonchev–Trinajstić information content (AvgIpc) is 2.76. The monoisotopic (exact) mass is 448 g/mol. The number of hydrogen-bond donors (Lipinski definition) is 0. The fourth-order valence-corrected chi connectivity index (χ4v) is 20.7. The summed E-state index contributed by atoms with van der Waals surface area (Å²) in [4.78, 5) is 0. The lowest BCUT2D eigenvalue weighted by Crippen LogP contribution is -2.97. The van der Waals surface area contributed by atoms with Crippen molar-refractivity contribution in [2.75, 3.05) is 0 Å². The zero-order valence-corrected chi connectivity index (χ0v) is 20.7. The van der Waals surface area contributed by atoms with E-state index < -0.39 is 0 Å². The lowest BCUT2D eigenvalue weighted by molar-refractivity contribution is -0.533. The molecule has 15 fully saturated rings. The first-order chi connectivity index (χ1) is 16.8. The third-order valence-electron chi connectivity index (χ3n) is 20.9. The van der Waals surface area contributed by atoms with Crippen LogP contribution in [0.5, 0.6) is 0 Å². The highest BCUT2D eigenvalue weighted by atomic mass is 15.0. The molecule has 15 rings (SSSR count). The minimum Gasteiger partial charge on any atom is -0.0620 e. The molecule has 15 saturated carbocycles. The number of hydrogen-bond acceptors (Lipinski definition) is 0. The predicted octanol–water partition coefficient (Wildman–Crippen LogP) is 5.50. The van der Waals surface area contributed by atoms with Crippen LogP contribution < -0.4 is 0 Å². The molecular formula is C34H40. The fraction of sp³-hybridized carbons (Fsp3) is 1.00. The van der Waals surface area contributed by atoms with Crippen molar-refractivity contribution in [2.45, 2.75) is 26.7 Å². The van der Waals surface area contributed by atoms with Gasteiger partial charge < -0.3 is 0 Å². The van der Waals surface area contributed by atoms with Crippen molar-refractivity contribution in [1.82, 2.24) is 0 Å².